The van der Waals surface area contributed by atoms with Gasteiger partial charge in [-0.3, -0.25) is 9.13 Å². The van der Waals surface area contributed by atoms with Crippen LogP contribution in [-0.2, 0) is 13.1 Å². The van der Waals surface area contributed by atoms with Crippen LogP contribution in [0, 0.1) is 6.92 Å². The SMILES string of the molecule is CCn1c(=O)n(Cc2nc(-c3ccccc3C)no2)c2ccccc21. The van der Waals surface area contributed by atoms with Crippen molar-refractivity contribution in [1.29, 1.82) is 0 Å². The van der Waals surface area contributed by atoms with Crippen LogP contribution in [0.1, 0.15) is 18.4 Å². The summed E-state index contributed by atoms with van der Waals surface area (Å²) in [6.45, 7) is 4.84. The summed E-state index contributed by atoms with van der Waals surface area (Å²) in [7, 11) is 0. The number of aryl methyl sites for hydroxylation is 2. The topological polar surface area (TPSA) is 65.8 Å². The molecule has 0 radical (unpaired) electrons. The molecule has 0 fully saturated rings. The van der Waals surface area contributed by atoms with E-state index in [-0.39, 0.29) is 12.2 Å². The molecule has 0 N–H and O–H groups in total. The van der Waals surface area contributed by atoms with Crippen LogP contribution in [0.5, 0.6) is 0 Å². The Morgan fingerprint density at radius 2 is 1.68 bits per heavy atom. The van der Waals surface area contributed by atoms with Crippen LogP contribution in [0.2, 0.25) is 0 Å². The lowest BCUT2D eigenvalue weighted by molar-refractivity contribution is 0.371. The van der Waals surface area contributed by atoms with Gasteiger partial charge < -0.3 is 4.52 Å². The quantitative estimate of drug-likeness (QED) is 0.575. The smallest absolute Gasteiger partial charge is 0.329 e. The van der Waals surface area contributed by atoms with Crippen molar-refractivity contribution in [2.45, 2.75) is 26.9 Å². The van der Waals surface area contributed by atoms with Gasteiger partial charge in [-0.05, 0) is 31.5 Å². The highest BCUT2D eigenvalue weighted by molar-refractivity contribution is 5.76. The molecule has 4 aromatic rings. The van der Waals surface area contributed by atoms with Gasteiger partial charge in [-0.15, -0.1) is 0 Å². The Kier molecular flexibility index (Phi) is 3.72. The monoisotopic (exact) mass is 334 g/mol. The fraction of sp³-hybridized carbons (Fsp3) is 0.211. The molecular formula is C19H18N4O2. The van der Waals surface area contributed by atoms with Crippen LogP contribution in [-0.4, -0.2) is 19.3 Å². The zero-order valence-corrected chi connectivity index (χ0v) is 14.1. The molecule has 2 aromatic carbocycles. The molecule has 0 saturated carbocycles. The summed E-state index contributed by atoms with van der Waals surface area (Å²) >= 11 is 0. The minimum Gasteiger partial charge on any atom is -0.337 e. The second-order valence-corrected chi connectivity index (χ2v) is 5.93. The molecule has 126 valence electrons. The van der Waals surface area contributed by atoms with E-state index >= 15 is 0 Å². The summed E-state index contributed by atoms with van der Waals surface area (Å²) in [6, 6.07) is 15.6. The molecule has 0 spiro atoms. The van der Waals surface area contributed by atoms with Crippen molar-refractivity contribution in [3.8, 4) is 11.4 Å². The summed E-state index contributed by atoms with van der Waals surface area (Å²) in [5.41, 5.74) is 3.72. The maximum atomic E-state index is 12.7. The van der Waals surface area contributed by atoms with E-state index in [4.69, 9.17) is 4.52 Å². The Bertz CT molecular complexity index is 1100. The molecule has 0 unspecified atom stereocenters. The first-order chi connectivity index (χ1) is 12.2. The van der Waals surface area contributed by atoms with Crippen LogP contribution in [0.15, 0.2) is 57.8 Å². The number of benzene rings is 2. The van der Waals surface area contributed by atoms with Crippen molar-refractivity contribution in [3.63, 3.8) is 0 Å². The maximum Gasteiger partial charge on any atom is 0.329 e. The third kappa shape index (κ3) is 2.55. The van der Waals surface area contributed by atoms with Crippen LogP contribution in [0.25, 0.3) is 22.4 Å². The average molecular weight is 334 g/mol. The van der Waals surface area contributed by atoms with E-state index in [0.29, 0.717) is 18.3 Å². The number of para-hydroxylation sites is 2. The van der Waals surface area contributed by atoms with Gasteiger partial charge in [-0.25, -0.2) is 4.79 Å². The van der Waals surface area contributed by atoms with Gasteiger partial charge in [0, 0.05) is 12.1 Å². The molecule has 0 amide bonds. The lowest BCUT2D eigenvalue weighted by Gasteiger charge is -1.99. The number of hydrogen-bond donors (Lipinski definition) is 0. The van der Waals surface area contributed by atoms with Crippen LogP contribution in [0.3, 0.4) is 0 Å². The molecule has 0 aliphatic carbocycles. The molecule has 6 heteroatoms. The van der Waals surface area contributed by atoms with E-state index < -0.39 is 0 Å². The van der Waals surface area contributed by atoms with Crippen molar-refractivity contribution in [1.82, 2.24) is 19.3 Å². The predicted octanol–water partition coefficient (Wildman–Crippen LogP) is 3.23. The van der Waals surface area contributed by atoms with Crippen LogP contribution < -0.4 is 5.69 Å². The first-order valence-corrected chi connectivity index (χ1v) is 8.25. The van der Waals surface area contributed by atoms with Gasteiger partial charge in [0.25, 0.3) is 0 Å². The fourth-order valence-corrected chi connectivity index (χ4v) is 3.12. The van der Waals surface area contributed by atoms with Crippen LogP contribution in [0.4, 0.5) is 0 Å². The van der Waals surface area contributed by atoms with Gasteiger partial charge in [-0.2, -0.15) is 4.98 Å². The zero-order valence-electron chi connectivity index (χ0n) is 14.1. The molecule has 0 atom stereocenters. The van der Waals surface area contributed by atoms with E-state index in [2.05, 4.69) is 10.1 Å². The number of fused-ring (bicyclic) bond motifs is 1. The van der Waals surface area contributed by atoms with Gasteiger partial charge >= 0.3 is 5.69 Å². The first-order valence-electron chi connectivity index (χ1n) is 8.25. The van der Waals surface area contributed by atoms with Crippen molar-refractivity contribution in [2.24, 2.45) is 0 Å². The summed E-state index contributed by atoms with van der Waals surface area (Å²) < 4.78 is 8.81. The van der Waals surface area contributed by atoms with E-state index in [0.717, 1.165) is 22.2 Å². The van der Waals surface area contributed by atoms with E-state index in [1.807, 2.05) is 62.4 Å². The number of aromatic nitrogens is 4. The van der Waals surface area contributed by atoms with Gasteiger partial charge in [0.2, 0.25) is 11.7 Å². The highest BCUT2D eigenvalue weighted by Crippen LogP contribution is 2.20. The summed E-state index contributed by atoms with van der Waals surface area (Å²) in [5.74, 6) is 0.958. The minimum atomic E-state index is -0.0701. The highest BCUT2D eigenvalue weighted by Gasteiger charge is 2.16. The van der Waals surface area contributed by atoms with Crippen molar-refractivity contribution >= 4 is 11.0 Å². The van der Waals surface area contributed by atoms with Crippen molar-refractivity contribution in [3.05, 3.63) is 70.5 Å². The Labute approximate surface area is 144 Å². The Morgan fingerprint density at radius 3 is 2.40 bits per heavy atom. The first kappa shape index (κ1) is 15.4. The normalized spacial score (nSPS) is 11.3. The third-order valence-corrected chi connectivity index (χ3v) is 4.39. The second kappa shape index (κ2) is 6.05. The van der Waals surface area contributed by atoms with Gasteiger partial charge in [0.1, 0.15) is 6.54 Å². The number of rotatable bonds is 4. The molecular weight excluding hydrogens is 316 g/mol. The van der Waals surface area contributed by atoms with Crippen LogP contribution >= 0.6 is 0 Å². The predicted molar refractivity (Wildman–Crippen MR) is 95.4 cm³/mol. The summed E-state index contributed by atoms with van der Waals surface area (Å²) in [5, 5.41) is 4.07. The third-order valence-electron chi connectivity index (χ3n) is 4.39. The zero-order chi connectivity index (χ0) is 17.4. The lowest BCUT2D eigenvalue weighted by Crippen LogP contribution is -2.24. The van der Waals surface area contributed by atoms with Crippen molar-refractivity contribution < 1.29 is 4.52 Å². The molecule has 0 aliphatic heterocycles. The molecule has 0 aliphatic rings. The molecule has 2 aromatic heterocycles. The molecule has 4 rings (SSSR count). The van der Waals surface area contributed by atoms with E-state index in [1.165, 1.54) is 0 Å². The highest BCUT2D eigenvalue weighted by atomic mass is 16.5. The van der Waals surface area contributed by atoms with Crippen molar-refractivity contribution in [2.75, 3.05) is 0 Å². The molecule has 6 nitrogen and oxygen atoms in total. The van der Waals surface area contributed by atoms with Gasteiger partial charge in [0.15, 0.2) is 0 Å². The second-order valence-electron chi connectivity index (χ2n) is 5.93. The maximum absolute atomic E-state index is 12.7. The number of hydrogen-bond acceptors (Lipinski definition) is 4. The van der Waals surface area contributed by atoms with E-state index in [9.17, 15) is 4.79 Å². The van der Waals surface area contributed by atoms with Gasteiger partial charge in [0.05, 0.1) is 11.0 Å². The largest absolute Gasteiger partial charge is 0.337 e. The Morgan fingerprint density at radius 1 is 1.00 bits per heavy atom. The summed E-state index contributed by atoms with van der Waals surface area (Å²) in [4.78, 5) is 17.2. The standard InChI is InChI=1S/C19H18N4O2/c1-3-22-15-10-6-7-11-16(15)23(19(22)24)12-17-20-18(21-25-17)14-9-5-4-8-13(14)2/h4-11H,3,12H2,1-2H3. The fourth-order valence-electron chi connectivity index (χ4n) is 3.12. The number of imidazole rings is 1. The molecule has 25 heavy (non-hydrogen) atoms. The van der Waals surface area contributed by atoms with E-state index in [1.54, 1.807) is 9.13 Å². The lowest BCUT2D eigenvalue weighted by atomic mass is 10.1. The summed E-state index contributed by atoms with van der Waals surface area (Å²) in [6.07, 6.45) is 0. The average Bonchev–Trinajstić information content (AvgIpc) is 3.19. The molecule has 0 bridgehead atoms. The molecule has 0 saturated heterocycles. The Hall–Kier alpha value is -3.15. The number of nitrogens with zero attached hydrogens (tertiary/aromatic N) is 4. The Balaban J connectivity index is 1.75. The van der Waals surface area contributed by atoms with Gasteiger partial charge in [-0.1, -0.05) is 41.6 Å². The minimum absolute atomic E-state index is 0.0701. The molecule has 2 heterocycles.